The number of carbonyl (C=O) groups is 1. The summed E-state index contributed by atoms with van der Waals surface area (Å²) in [6.07, 6.45) is 0. The van der Waals surface area contributed by atoms with Gasteiger partial charge >= 0.3 is 6.03 Å². The summed E-state index contributed by atoms with van der Waals surface area (Å²) >= 11 is 0. The van der Waals surface area contributed by atoms with Crippen LogP contribution in [0.15, 0.2) is 84.9 Å². The van der Waals surface area contributed by atoms with Gasteiger partial charge in [0, 0.05) is 38.4 Å². The van der Waals surface area contributed by atoms with Crippen molar-refractivity contribution in [2.75, 3.05) is 44.7 Å². The van der Waals surface area contributed by atoms with Gasteiger partial charge < -0.3 is 19.7 Å². The number of rotatable bonds is 9. The first kappa shape index (κ1) is 22.8. The second-order valence-corrected chi connectivity index (χ2v) is 8.09. The summed E-state index contributed by atoms with van der Waals surface area (Å²) in [5.74, 6) is 0.799. The van der Waals surface area contributed by atoms with Crippen LogP contribution in [0.3, 0.4) is 0 Å². The van der Waals surface area contributed by atoms with Gasteiger partial charge in [-0.3, -0.25) is 4.90 Å². The summed E-state index contributed by atoms with van der Waals surface area (Å²) in [4.78, 5) is 17.3. The van der Waals surface area contributed by atoms with Crippen LogP contribution < -0.4 is 10.1 Å². The van der Waals surface area contributed by atoms with Crippen LogP contribution in [0.25, 0.3) is 0 Å². The van der Waals surface area contributed by atoms with E-state index < -0.39 is 0 Å². The molecule has 1 fully saturated rings. The number of morpholine rings is 1. The molecule has 3 aromatic rings. The molecule has 172 valence electrons. The molecule has 0 aromatic heterocycles. The van der Waals surface area contributed by atoms with E-state index >= 15 is 0 Å². The molecule has 33 heavy (non-hydrogen) atoms. The minimum atomic E-state index is -0.106. The van der Waals surface area contributed by atoms with Crippen LogP contribution in [0.5, 0.6) is 5.75 Å². The fraction of sp³-hybridized carbons (Fsp3) is 0.296. The Morgan fingerprint density at radius 3 is 2.36 bits per heavy atom. The second kappa shape index (κ2) is 12.0. The van der Waals surface area contributed by atoms with Gasteiger partial charge in [-0.25, -0.2) is 4.79 Å². The second-order valence-electron chi connectivity index (χ2n) is 8.09. The van der Waals surface area contributed by atoms with Crippen molar-refractivity contribution in [2.24, 2.45) is 0 Å². The Hall–Kier alpha value is -3.35. The van der Waals surface area contributed by atoms with Gasteiger partial charge in [-0.05, 0) is 35.4 Å². The highest BCUT2D eigenvalue weighted by atomic mass is 16.5. The summed E-state index contributed by atoms with van der Waals surface area (Å²) in [5, 5.41) is 3.02. The molecule has 6 heteroatoms. The van der Waals surface area contributed by atoms with Gasteiger partial charge in [0.1, 0.15) is 12.4 Å². The number of hydrogen-bond donors (Lipinski definition) is 1. The minimum absolute atomic E-state index is 0.106. The van der Waals surface area contributed by atoms with Gasteiger partial charge in [0.05, 0.1) is 13.2 Å². The number of nitrogens with one attached hydrogen (secondary N) is 1. The molecule has 0 spiro atoms. The number of urea groups is 1. The lowest BCUT2D eigenvalue weighted by Crippen LogP contribution is -2.44. The Bertz CT molecular complexity index is 992. The van der Waals surface area contributed by atoms with E-state index in [9.17, 15) is 4.79 Å². The van der Waals surface area contributed by atoms with Crippen molar-refractivity contribution in [3.05, 3.63) is 96.1 Å². The van der Waals surface area contributed by atoms with E-state index in [4.69, 9.17) is 9.47 Å². The highest BCUT2D eigenvalue weighted by molar-refractivity contribution is 5.89. The van der Waals surface area contributed by atoms with Crippen LogP contribution >= 0.6 is 0 Å². The molecule has 1 aliphatic rings. The van der Waals surface area contributed by atoms with Gasteiger partial charge in [0.25, 0.3) is 0 Å². The first-order chi connectivity index (χ1) is 16.3. The Labute approximate surface area is 195 Å². The van der Waals surface area contributed by atoms with Crippen LogP contribution in [0, 0.1) is 0 Å². The molecule has 1 aliphatic heterocycles. The fourth-order valence-corrected chi connectivity index (χ4v) is 3.76. The smallest absolute Gasteiger partial charge is 0.322 e. The van der Waals surface area contributed by atoms with Crippen LogP contribution in [-0.4, -0.2) is 55.2 Å². The van der Waals surface area contributed by atoms with Crippen molar-refractivity contribution in [3.63, 3.8) is 0 Å². The van der Waals surface area contributed by atoms with E-state index in [1.165, 1.54) is 0 Å². The molecule has 2 amide bonds. The molecule has 4 rings (SSSR count). The molecule has 1 saturated heterocycles. The largest absolute Gasteiger partial charge is 0.489 e. The van der Waals surface area contributed by atoms with Crippen LogP contribution in [0.2, 0.25) is 0 Å². The summed E-state index contributed by atoms with van der Waals surface area (Å²) in [7, 11) is 0. The maximum absolute atomic E-state index is 13.1. The summed E-state index contributed by atoms with van der Waals surface area (Å²) in [6, 6.07) is 27.5. The quantitative estimate of drug-likeness (QED) is 0.522. The maximum Gasteiger partial charge on any atom is 0.322 e. The zero-order valence-corrected chi connectivity index (χ0v) is 18.9. The number of para-hydroxylation sites is 1. The van der Waals surface area contributed by atoms with Gasteiger partial charge in [-0.2, -0.15) is 0 Å². The molecule has 3 aromatic carbocycles. The average Bonchev–Trinajstić information content (AvgIpc) is 2.87. The Balaban J connectivity index is 1.41. The monoisotopic (exact) mass is 445 g/mol. The topological polar surface area (TPSA) is 54.0 Å². The van der Waals surface area contributed by atoms with Gasteiger partial charge in [-0.15, -0.1) is 0 Å². The molecule has 6 nitrogen and oxygen atoms in total. The lowest BCUT2D eigenvalue weighted by Gasteiger charge is -2.30. The number of ether oxygens (including phenoxy) is 2. The zero-order valence-electron chi connectivity index (χ0n) is 18.9. The van der Waals surface area contributed by atoms with E-state index in [2.05, 4.69) is 10.2 Å². The number of carbonyl (C=O) groups excluding carboxylic acids is 1. The van der Waals surface area contributed by atoms with E-state index in [-0.39, 0.29) is 6.03 Å². The molecule has 0 unspecified atom stereocenters. The SMILES string of the molecule is O=C(Nc1ccccc1)N(CCN1CCOCC1)Cc1cccc(OCc2ccccc2)c1. The molecule has 0 radical (unpaired) electrons. The average molecular weight is 446 g/mol. The molecule has 0 atom stereocenters. The molecule has 0 saturated carbocycles. The minimum Gasteiger partial charge on any atom is -0.489 e. The number of benzene rings is 3. The third-order valence-electron chi connectivity index (χ3n) is 5.62. The number of hydrogen-bond acceptors (Lipinski definition) is 4. The van der Waals surface area contributed by atoms with Gasteiger partial charge in [-0.1, -0.05) is 60.7 Å². The Morgan fingerprint density at radius 1 is 0.909 bits per heavy atom. The van der Waals surface area contributed by atoms with Gasteiger partial charge in [0.15, 0.2) is 0 Å². The van der Waals surface area contributed by atoms with E-state index in [0.29, 0.717) is 19.7 Å². The van der Waals surface area contributed by atoms with Crippen LogP contribution in [0.4, 0.5) is 10.5 Å². The predicted molar refractivity (Wildman–Crippen MR) is 130 cm³/mol. The summed E-state index contributed by atoms with van der Waals surface area (Å²) in [6.45, 7) is 5.76. The van der Waals surface area contributed by atoms with E-state index in [1.54, 1.807) is 0 Å². The highest BCUT2D eigenvalue weighted by Gasteiger charge is 2.17. The normalized spacial score (nSPS) is 13.9. The first-order valence-corrected chi connectivity index (χ1v) is 11.4. The summed E-state index contributed by atoms with van der Waals surface area (Å²) in [5.41, 5.74) is 2.95. The van der Waals surface area contributed by atoms with E-state index in [1.807, 2.05) is 89.8 Å². The standard InChI is InChI=1S/C27H31N3O3/c31-27(28-25-11-5-2-6-12-25)30(15-14-29-16-18-32-19-17-29)21-24-10-7-13-26(20-24)33-22-23-8-3-1-4-9-23/h1-13,20H,14-19,21-22H2,(H,28,31). The molecular weight excluding hydrogens is 414 g/mol. The predicted octanol–water partition coefficient (Wildman–Crippen LogP) is 4.63. The highest BCUT2D eigenvalue weighted by Crippen LogP contribution is 2.18. The fourth-order valence-electron chi connectivity index (χ4n) is 3.76. The molecule has 1 heterocycles. The molecule has 1 N–H and O–H groups in total. The zero-order chi connectivity index (χ0) is 22.7. The van der Waals surface area contributed by atoms with Crippen molar-refractivity contribution >= 4 is 11.7 Å². The van der Waals surface area contributed by atoms with Crippen molar-refractivity contribution in [1.29, 1.82) is 0 Å². The van der Waals surface area contributed by atoms with Crippen molar-refractivity contribution in [3.8, 4) is 5.75 Å². The lowest BCUT2D eigenvalue weighted by atomic mass is 10.2. The third kappa shape index (κ3) is 7.34. The van der Waals surface area contributed by atoms with Crippen LogP contribution in [-0.2, 0) is 17.9 Å². The third-order valence-corrected chi connectivity index (χ3v) is 5.62. The van der Waals surface area contributed by atoms with Crippen molar-refractivity contribution in [2.45, 2.75) is 13.2 Å². The first-order valence-electron chi connectivity index (χ1n) is 11.4. The van der Waals surface area contributed by atoms with Crippen molar-refractivity contribution in [1.82, 2.24) is 9.80 Å². The Kier molecular flexibility index (Phi) is 8.33. The maximum atomic E-state index is 13.1. The summed E-state index contributed by atoms with van der Waals surface area (Å²) < 4.78 is 11.4. The molecule has 0 bridgehead atoms. The number of nitrogens with zero attached hydrogens (tertiary/aromatic N) is 2. The number of anilines is 1. The van der Waals surface area contributed by atoms with E-state index in [0.717, 1.165) is 55.4 Å². The van der Waals surface area contributed by atoms with Crippen LogP contribution in [0.1, 0.15) is 11.1 Å². The molecule has 0 aliphatic carbocycles. The number of amides is 2. The van der Waals surface area contributed by atoms with Gasteiger partial charge in [0.2, 0.25) is 0 Å². The van der Waals surface area contributed by atoms with Crippen molar-refractivity contribution < 1.29 is 14.3 Å². The Morgan fingerprint density at radius 2 is 1.61 bits per heavy atom. The molecular formula is C27H31N3O3. The lowest BCUT2D eigenvalue weighted by molar-refractivity contribution is 0.0349.